The summed E-state index contributed by atoms with van der Waals surface area (Å²) in [6, 6.07) is 10.5. The second-order valence-electron chi connectivity index (χ2n) is 5.23. The summed E-state index contributed by atoms with van der Waals surface area (Å²) in [4.78, 5) is 14.4. The van der Waals surface area contributed by atoms with E-state index in [-0.39, 0.29) is 6.03 Å². The molecule has 1 aliphatic carbocycles. The number of para-hydroxylation sites is 1. The number of hydrogen-bond donors (Lipinski definition) is 1. The minimum atomic E-state index is 0.0555. The molecule has 0 atom stereocenters. The molecule has 1 saturated carbocycles. The van der Waals surface area contributed by atoms with Crippen LogP contribution in [0, 0.1) is 0 Å². The van der Waals surface area contributed by atoms with Crippen molar-refractivity contribution in [2.45, 2.75) is 51.5 Å². The molecule has 1 aromatic rings. The lowest BCUT2D eigenvalue weighted by Crippen LogP contribution is -2.47. The first-order chi connectivity index (χ1) is 9.33. The molecule has 1 aliphatic rings. The first-order valence-corrected chi connectivity index (χ1v) is 7.45. The monoisotopic (exact) mass is 260 g/mol. The van der Waals surface area contributed by atoms with Gasteiger partial charge in [-0.25, -0.2) is 4.79 Å². The third-order valence-corrected chi connectivity index (χ3v) is 3.72. The largest absolute Gasteiger partial charge is 0.338 e. The Balaban J connectivity index is 2.14. The lowest BCUT2D eigenvalue weighted by molar-refractivity contribution is 0.241. The van der Waals surface area contributed by atoms with Crippen LogP contribution in [0.25, 0.3) is 0 Å². The van der Waals surface area contributed by atoms with Crippen molar-refractivity contribution in [2.24, 2.45) is 0 Å². The average Bonchev–Trinajstić information content (AvgIpc) is 2.47. The van der Waals surface area contributed by atoms with Crippen molar-refractivity contribution in [3.05, 3.63) is 30.3 Å². The summed E-state index contributed by atoms with van der Waals surface area (Å²) < 4.78 is 0. The van der Waals surface area contributed by atoms with Gasteiger partial charge in [0, 0.05) is 18.3 Å². The zero-order valence-electron chi connectivity index (χ0n) is 11.8. The van der Waals surface area contributed by atoms with E-state index in [1.165, 1.54) is 19.3 Å². The maximum Gasteiger partial charge on any atom is 0.322 e. The summed E-state index contributed by atoms with van der Waals surface area (Å²) in [6.07, 6.45) is 6.97. The van der Waals surface area contributed by atoms with Crippen LogP contribution in [0.3, 0.4) is 0 Å². The Morgan fingerprint density at radius 2 is 1.89 bits per heavy atom. The Bertz CT molecular complexity index is 385. The van der Waals surface area contributed by atoms with Gasteiger partial charge in [0.1, 0.15) is 0 Å². The van der Waals surface area contributed by atoms with Gasteiger partial charge in [0.2, 0.25) is 0 Å². The predicted molar refractivity (Wildman–Crippen MR) is 79.5 cm³/mol. The summed E-state index contributed by atoms with van der Waals surface area (Å²) in [5.41, 5.74) is 1.02. The number of nitrogens with zero attached hydrogens (tertiary/aromatic N) is 1. The number of nitrogens with one attached hydrogen (secondary N) is 1. The van der Waals surface area contributed by atoms with Gasteiger partial charge >= 0.3 is 6.03 Å². The molecule has 0 heterocycles. The first-order valence-electron chi connectivity index (χ1n) is 7.45. The second kappa shape index (κ2) is 7.17. The number of benzene rings is 1. The van der Waals surface area contributed by atoms with E-state index in [0.29, 0.717) is 6.04 Å². The molecule has 0 saturated heterocycles. The van der Waals surface area contributed by atoms with E-state index < -0.39 is 0 Å². The van der Waals surface area contributed by atoms with E-state index in [4.69, 9.17) is 0 Å². The molecule has 0 spiro atoms. The summed E-state index contributed by atoms with van der Waals surface area (Å²) in [5.74, 6) is 0. The Morgan fingerprint density at radius 3 is 2.53 bits per heavy atom. The van der Waals surface area contributed by atoms with Gasteiger partial charge in [-0.3, -0.25) is 4.90 Å². The van der Waals surface area contributed by atoms with Gasteiger partial charge < -0.3 is 5.32 Å². The Labute approximate surface area is 116 Å². The van der Waals surface area contributed by atoms with Gasteiger partial charge in [0.15, 0.2) is 0 Å². The fraction of sp³-hybridized carbons (Fsp3) is 0.562. The van der Waals surface area contributed by atoms with Crippen molar-refractivity contribution >= 4 is 11.7 Å². The molecule has 1 aromatic carbocycles. The highest BCUT2D eigenvalue weighted by Crippen LogP contribution is 2.27. The fourth-order valence-corrected chi connectivity index (χ4v) is 2.74. The number of urea groups is 1. The number of carbonyl (C=O) groups excluding carboxylic acids is 1. The van der Waals surface area contributed by atoms with E-state index >= 15 is 0 Å². The molecule has 3 heteroatoms. The topological polar surface area (TPSA) is 32.3 Å². The van der Waals surface area contributed by atoms with Crippen LogP contribution in [0.5, 0.6) is 0 Å². The van der Waals surface area contributed by atoms with E-state index in [1.54, 1.807) is 0 Å². The van der Waals surface area contributed by atoms with Crippen LogP contribution in [0.1, 0.15) is 45.4 Å². The van der Waals surface area contributed by atoms with Crippen LogP contribution >= 0.6 is 0 Å². The van der Waals surface area contributed by atoms with Crippen molar-refractivity contribution in [1.82, 2.24) is 5.32 Å². The van der Waals surface area contributed by atoms with Crippen LogP contribution < -0.4 is 10.2 Å². The molecule has 2 rings (SSSR count). The van der Waals surface area contributed by atoms with Crippen LogP contribution in [-0.4, -0.2) is 18.6 Å². The molecular weight excluding hydrogens is 236 g/mol. The van der Waals surface area contributed by atoms with Crippen LogP contribution in [-0.2, 0) is 0 Å². The Morgan fingerprint density at radius 1 is 1.21 bits per heavy atom. The molecule has 2 amide bonds. The smallest absolute Gasteiger partial charge is 0.322 e. The van der Waals surface area contributed by atoms with E-state index in [1.807, 2.05) is 35.2 Å². The number of hydrogen-bond acceptors (Lipinski definition) is 1. The van der Waals surface area contributed by atoms with Crippen LogP contribution in [0.2, 0.25) is 0 Å². The zero-order chi connectivity index (χ0) is 13.5. The van der Waals surface area contributed by atoms with E-state index in [0.717, 1.165) is 31.5 Å². The predicted octanol–water partition coefficient (Wildman–Crippen LogP) is 3.95. The quantitative estimate of drug-likeness (QED) is 0.873. The van der Waals surface area contributed by atoms with Crippen LogP contribution in [0.15, 0.2) is 30.3 Å². The third-order valence-electron chi connectivity index (χ3n) is 3.72. The highest BCUT2D eigenvalue weighted by Gasteiger charge is 2.26. The molecule has 0 aromatic heterocycles. The maximum atomic E-state index is 12.4. The van der Waals surface area contributed by atoms with Crippen molar-refractivity contribution in [2.75, 3.05) is 11.4 Å². The molecule has 0 bridgehead atoms. The summed E-state index contributed by atoms with van der Waals surface area (Å²) in [6.45, 7) is 2.82. The molecular formula is C16H24N2O. The van der Waals surface area contributed by atoms with Gasteiger partial charge in [-0.05, 0) is 31.4 Å². The molecule has 0 radical (unpaired) electrons. The highest BCUT2D eigenvalue weighted by molar-refractivity contribution is 5.92. The van der Waals surface area contributed by atoms with Crippen molar-refractivity contribution in [3.63, 3.8) is 0 Å². The lowest BCUT2D eigenvalue weighted by Gasteiger charge is -2.34. The molecule has 0 aliphatic heterocycles. The number of anilines is 1. The lowest BCUT2D eigenvalue weighted by atomic mass is 9.94. The molecule has 1 fully saturated rings. The molecule has 0 unspecified atom stereocenters. The molecule has 3 nitrogen and oxygen atoms in total. The summed E-state index contributed by atoms with van der Waals surface area (Å²) in [7, 11) is 0. The standard InChI is InChI=1S/C16H24N2O/c1-2-13-17-16(19)18(14-9-5-3-6-10-14)15-11-7-4-8-12-15/h3,5-6,9-10,15H,2,4,7-8,11-13H2,1H3,(H,17,19). The summed E-state index contributed by atoms with van der Waals surface area (Å²) >= 11 is 0. The van der Waals surface area contributed by atoms with Gasteiger partial charge in [-0.15, -0.1) is 0 Å². The highest BCUT2D eigenvalue weighted by atomic mass is 16.2. The van der Waals surface area contributed by atoms with Gasteiger partial charge in [0.05, 0.1) is 0 Å². The SMILES string of the molecule is CCCNC(=O)N(c1ccccc1)C1CCCCC1. The average molecular weight is 260 g/mol. The minimum absolute atomic E-state index is 0.0555. The number of rotatable bonds is 4. The van der Waals surface area contributed by atoms with Crippen molar-refractivity contribution < 1.29 is 4.79 Å². The number of amides is 2. The Hall–Kier alpha value is -1.51. The fourth-order valence-electron chi connectivity index (χ4n) is 2.74. The molecule has 19 heavy (non-hydrogen) atoms. The van der Waals surface area contributed by atoms with Crippen molar-refractivity contribution in [1.29, 1.82) is 0 Å². The second-order valence-corrected chi connectivity index (χ2v) is 5.23. The maximum absolute atomic E-state index is 12.4. The third kappa shape index (κ3) is 3.72. The van der Waals surface area contributed by atoms with Gasteiger partial charge in [0.25, 0.3) is 0 Å². The molecule has 1 N–H and O–H groups in total. The van der Waals surface area contributed by atoms with Crippen molar-refractivity contribution in [3.8, 4) is 0 Å². The zero-order valence-corrected chi connectivity index (χ0v) is 11.8. The first kappa shape index (κ1) is 13.9. The van der Waals surface area contributed by atoms with E-state index in [2.05, 4.69) is 12.2 Å². The summed E-state index contributed by atoms with van der Waals surface area (Å²) in [5, 5.41) is 3.02. The van der Waals surface area contributed by atoms with Gasteiger partial charge in [-0.1, -0.05) is 44.4 Å². The van der Waals surface area contributed by atoms with E-state index in [9.17, 15) is 4.79 Å². The van der Waals surface area contributed by atoms with Crippen LogP contribution in [0.4, 0.5) is 10.5 Å². The van der Waals surface area contributed by atoms with Gasteiger partial charge in [-0.2, -0.15) is 0 Å². The normalized spacial score (nSPS) is 16.1. The Kier molecular flexibility index (Phi) is 5.25. The minimum Gasteiger partial charge on any atom is -0.338 e. The number of carbonyl (C=O) groups is 1. The molecule has 104 valence electrons.